The number of hydrogen-bond donors (Lipinski definition) is 2. The largest absolute Gasteiger partial charge is 0.508 e. The lowest BCUT2D eigenvalue weighted by atomic mass is 10.2. The number of phenols is 1. The van der Waals surface area contributed by atoms with Gasteiger partial charge in [0.1, 0.15) is 5.75 Å². The molecule has 0 heterocycles. The van der Waals surface area contributed by atoms with Crippen LogP contribution >= 0.6 is 11.8 Å². The monoisotopic (exact) mass is 463 g/mol. The van der Waals surface area contributed by atoms with E-state index in [-0.39, 0.29) is 5.75 Å². The minimum atomic E-state index is 0.200. The van der Waals surface area contributed by atoms with Crippen LogP contribution in [-0.2, 0) is 4.74 Å². The van der Waals surface area contributed by atoms with Crippen LogP contribution in [0.2, 0.25) is 0 Å². The molecule has 0 amide bonds. The van der Waals surface area contributed by atoms with Gasteiger partial charge in [0, 0.05) is 18.0 Å². The first-order chi connectivity index (χ1) is 15.5. The number of benzene rings is 2. The van der Waals surface area contributed by atoms with Crippen LogP contribution in [0, 0.1) is 0 Å². The number of nitrogens with zero attached hydrogens (tertiary/aromatic N) is 3. The normalized spacial score (nSPS) is 9.91. The van der Waals surface area contributed by atoms with Crippen LogP contribution in [0.25, 0.3) is 0 Å². The van der Waals surface area contributed by atoms with Crippen molar-refractivity contribution in [2.75, 3.05) is 46.4 Å². The molecule has 180 valence electrons. The highest BCUT2D eigenvalue weighted by Crippen LogP contribution is 2.10. The standard InChI is InChI=1S/C9H10N2O2.C7H17N.C6H6.C3H8OS/c1-10-11-9(13-2)7-3-5-8(12)6-4-7;1-4-5-6-7-8(2)3;1-2-4-6-5-3-1;1-5-3-2-4/h3-6,12H,1H2,2H3;4-7H2,1-3H3;1-6H;4H,2-3H2,1H3/b11-9-;;;. The van der Waals surface area contributed by atoms with Crippen molar-refractivity contribution in [1.29, 1.82) is 0 Å². The first-order valence-electron chi connectivity index (χ1n) is 10.6. The summed E-state index contributed by atoms with van der Waals surface area (Å²) in [7, 11) is 5.74. The van der Waals surface area contributed by atoms with Gasteiger partial charge in [-0.05, 0) is 57.6 Å². The van der Waals surface area contributed by atoms with Crippen molar-refractivity contribution in [3.63, 3.8) is 0 Å². The van der Waals surface area contributed by atoms with Gasteiger partial charge in [0.05, 0.1) is 13.7 Å². The summed E-state index contributed by atoms with van der Waals surface area (Å²) in [6.45, 7) is 7.01. The molecule has 0 saturated carbocycles. The van der Waals surface area contributed by atoms with Gasteiger partial charge in [0.15, 0.2) is 0 Å². The van der Waals surface area contributed by atoms with E-state index in [0.29, 0.717) is 12.5 Å². The molecular weight excluding hydrogens is 422 g/mol. The fourth-order valence-corrected chi connectivity index (χ4v) is 2.22. The third kappa shape index (κ3) is 22.3. The zero-order valence-corrected chi connectivity index (χ0v) is 21.1. The van der Waals surface area contributed by atoms with Crippen LogP contribution in [0.1, 0.15) is 31.7 Å². The van der Waals surface area contributed by atoms with Gasteiger partial charge in [0.25, 0.3) is 0 Å². The molecule has 2 aromatic carbocycles. The van der Waals surface area contributed by atoms with Crippen LogP contribution in [0.15, 0.2) is 70.9 Å². The van der Waals surface area contributed by atoms with Crippen molar-refractivity contribution in [2.45, 2.75) is 26.2 Å². The molecule has 0 aromatic heterocycles. The second-order valence-corrected chi connectivity index (χ2v) is 7.66. The number of unbranched alkanes of at least 4 members (excludes halogenated alkanes) is 2. The van der Waals surface area contributed by atoms with Gasteiger partial charge in [-0.3, -0.25) is 0 Å². The van der Waals surface area contributed by atoms with E-state index in [2.05, 4.69) is 42.8 Å². The Kier molecular flexibility index (Phi) is 24.8. The van der Waals surface area contributed by atoms with Crippen LogP contribution in [0.4, 0.5) is 0 Å². The highest BCUT2D eigenvalue weighted by atomic mass is 32.2. The zero-order chi connectivity index (χ0) is 24.5. The molecule has 0 spiro atoms. The molecule has 0 aliphatic heterocycles. The number of rotatable bonds is 8. The van der Waals surface area contributed by atoms with Crippen molar-refractivity contribution in [3.8, 4) is 5.75 Å². The predicted molar refractivity (Wildman–Crippen MR) is 141 cm³/mol. The molecule has 0 unspecified atom stereocenters. The molecule has 7 heteroatoms. The molecule has 6 nitrogen and oxygen atoms in total. The molecule has 32 heavy (non-hydrogen) atoms. The average molecular weight is 464 g/mol. The Balaban J connectivity index is 0. The number of aliphatic hydroxyl groups is 1. The smallest absolute Gasteiger partial charge is 0.240 e. The van der Waals surface area contributed by atoms with E-state index < -0.39 is 0 Å². The molecule has 2 aromatic rings. The van der Waals surface area contributed by atoms with E-state index >= 15 is 0 Å². The molecule has 0 radical (unpaired) electrons. The lowest BCUT2D eigenvalue weighted by molar-refractivity contribution is 0.322. The maximum Gasteiger partial charge on any atom is 0.240 e. The second kappa shape index (κ2) is 24.9. The SMILES string of the molecule is C=N/N=C(\OC)c1ccc(O)cc1.CCCCCN(C)C.CSCCO.c1ccccc1. The quantitative estimate of drug-likeness (QED) is 0.244. The van der Waals surface area contributed by atoms with E-state index in [9.17, 15) is 0 Å². The van der Waals surface area contributed by atoms with Gasteiger partial charge in [-0.1, -0.05) is 56.2 Å². The van der Waals surface area contributed by atoms with E-state index in [4.69, 9.17) is 14.9 Å². The van der Waals surface area contributed by atoms with E-state index in [0.717, 1.165) is 11.3 Å². The summed E-state index contributed by atoms with van der Waals surface area (Å²) in [6, 6.07) is 18.5. The van der Waals surface area contributed by atoms with Gasteiger partial charge in [-0.2, -0.15) is 16.9 Å². The lowest BCUT2D eigenvalue weighted by Crippen LogP contribution is -2.12. The second-order valence-electron chi connectivity index (χ2n) is 6.68. The molecule has 0 bridgehead atoms. The summed E-state index contributed by atoms with van der Waals surface area (Å²) in [4.78, 5) is 2.23. The first kappa shape index (κ1) is 31.8. The molecular formula is C25H41N3O3S. The third-order valence-electron chi connectivity index (χ3n) is 3.64. The number of thioether (sulfide) groups is 1. The summed E-state index contributed by atoms with van der Waals surface area (Å²) < 4.78 is 4.95. The van der Waals surface area contributed by atoms with Crippen molar-refractivity contribution >= 4 is 24.4 Å². The van der Waals surface area contributed by atoms with Crippen LogP contribution in [-0.4, -0.2) is 74.1 Å². The number of methoxy groups -OCH3 is 1. The van der Waals surface area contributed by atoms with Crippen molar-refractivity contribution in [3.05, 3.63) is 66.2 Å². The summed E-state index contributed by atoms with van der Waals surface area (Å²) in [5.74, 6) is 1.43. The Bertz CT molecular complexity index is 637. The van der Waals surface area contributed by atoms with Crippen molar-refractivity contribution in [2.24, 2.45) is 10.2 Å². The van der Waals surface area contributed by atoms with E-state index in [1.165, 1.54) is 32.9 Å². The third-order valence-corrected chi connectivity index (χ3v) is 4.23. The Hall–Kier alpha value is -2.35. The highest BCUT2D eigenvalue weighted by molar-refractivity contribution is 7.98. The molecule has 0 saturated heterocycles. The van der Waals surface area contributed by atoms with Crippen LogP contribution < -0.4 is 0 Å². The topological polar surface area (TPSA) is 77.7 Å². The highest BCUT2D eigenvalue weighted by Gasteiger charge is 2.01. The molecule has 0 fully saturated rings. The lowest BCUT2D eigenvalue weighted by Gasteiger charge is -2.06. The minimum absolute atomic E-state index is 0.200. The maximum atomic E-state index is 9.02. The first-order valence-corrected chi connectivity index (χ1v) is 12.0. The fourth-order valence-electron chi connectivity index (χ4n) is 2.04. The molecule has 2 N–H and O–H groups in total. The Morgan fingerprint density at radius 2 is 1.56 bits per heavy atom. The maximum absolute atomic E-state index is 9.02. The summed E-state index contributed by atoms with van der Waals surface area (Å²) in [5, 5.41) is 24.1. The van der Waals surface area contributed by atoms with Gasteiger partial charge in [-0.25, -0.2) is 0 Å². The van der Waals surface area contributed by atoms with E-state index in [1.807, 2.05) is 42.7 Å². The molecule has 0 atom stereocenters. The molecule has 2 rings (SSSR count). The van der Waals surface area contributed by atoms with E-state index in [1.54, 1.807) is 36.0 Å². The Morgan fingerprint density at radius 1 is 1.03 bits per heavy atom. The molecule has 0 aliphatic rings. The Labute approximate surface area is 199 Å². The fraction of sp³-hybridized carbons (Fsp3) is 0.440. The zero-order valence-electron chi connectivity index (χ0n) is 20.3. The summed E-state index contributed by atoms with van der Waals surface area (Å²) in [5.41, 5.74) is 0.743. The number of ether oxygens (including phenoxy) is 1. The van der Waals surface area contributed by atoms with Crippen molar-refractivity contribution < 1.29 is 14.9 Å². The summed E-state index contributed by atoms with van der Waals surface area (Å²) >= 11 is 1.65. The molecule has 0 aliphatic carbocycles. The number of aromatic hydroxyl groups is 1. The van der Waals surface area contributed by atoms with Crippen LogP contribution in [0.5, 0.6) is 5.75 Å². The van der Waals surface area contributed by atoms with Crippen molar-refractivity contribution in [1.82, 2.24) is 4.90 Å². The van der Waals surface area contributed by atoms with Gasteiger partial charge in [0.2, 0.25) is 5.90 Å². The van der Waals surface area contributed by atoms with Gasteiger partial charge < -0.3 is 19.8 Å². The number of phenolic OH excluding ortho intramolecular Hbond substituents is 1. The average Bonchev–Trinajstić information content (AvgIpc) is 2.81. The van der Waals surface area contributed by atoms with Crippen LogP contribution in [0.3, 0.4) is 0 Å². The number of aliphatic hydroxyl groups excluding tert-OH is 1. The summed E-state index contributed by atoms with van der Waals surface area (Å²) in [6.07, 6.45) is 6.02. The Morgan fingerprint density at radius 3 is 1.88 bits per heavy atom. The van der Waals surface area contributed by atoms with Gasteiger partial charge >= 0.3 is 0 Å². The predicted octanol–water partition coefficient (Wildman–Crippen LogP) is 5.17. The number of hydrogen-bond acceptors (Lipinski definition) is 7. The minimum Gasteiger partial charge on any atom is -0.508 e. The van der Waals surface area contributed by atoms with Gasteiger partial charge in [-0.15, -0.1) is 5.10 Å².